The van der Waals surface area contributed by atoms with Gasteiger partial charge in [0.2, 0.25) is 0 Å². The minimum atomic E-state index is -4.62. The van der Waals surface area contributed by atoms with Crippen molar-refractivity contribution in [3.8, 4) is 11.5 Å². The fraction of sp³-hybridized carbons (Fsp3) is 0.192. The van der Waals surface area contributed by atoms with Gasteiger partial charge in [-0.05, 0) is 55.0 Å². The Morgan fingerprint density at radius 3 is 2.63 bits per heavy atom. The number of hydrogen-bond donors (Lipinski definition) is 1. The maximum atomic E-state index is 13.2. The molecule has 1 aliphatic heterocycles. The maximum Gasteiger partial charge on any atom is 0.418 e. The molecule has 7 nitrogen and oxygen atoms in total. The van der Waals surface area contributed by atoms with Crippen molar-refractivity contribution in [1.29, 1.82) is 0 Å². The van der Waals surface area contributed by atoms with Gasteiger partial charge < -0.3 is 19.2 Å². The van der Waals surface area contributed by atoms with Gasteiger partial charge in [-0.1, -0.05) is 42.2 Å². The van der Waals surface area contributed by atoms with E-state index in [1.807, 2.05) is 0 Å². The zero-order valence-electron chi connectivity index (χ0n) is 19.9. The molecule has 3 aromatic rings. The number of thioether (sulfide) groups is 1. The molecule has 1 N–H and O–H groups in total. The first-order valence-corrected chi connectivity index (χ1v) is 12.5. The molecular weight excluding hydrogens is 541 g/mol. The molecule has 0 unspecified atom stereocenters. The molecule has 0 bridgehead atoms. The van der Waals surface area contributed by atoms with Gasteiger partial charge in [0, 0.05) is 0 Å². The number of ether oxygens (including phenoxy) is 2. The van der Waals surface area contributed by atoms with E-state index in [4.69, 9.17) is 26.1 Å². The predicted octanol–water partition coefficient (Wildman–Crippen LogP) is 6.12. The van der Waals surface area contributed by atoms with E-state index in [1.165, 1.54) is 29.4 Å². The number of nitrogens with zero attached hydrogens (tertiary/aromatic N) is 1. The number of hydrogen-bond acceptors (Lipinski definition) is 7. The summed E-state index contributed by atoms with van der Waals surface area (Å²) in [5.74, 6) is 0.0944. The lowest BCUT2D eigenvalue weighted by atomic mass is 10.1. The van der Waals surface area contributed by atoms with Gasteiger partial charge >= 0.3 is 6.18 Å². The number of furan rings is 1. The highest BCUT2D eigenvalue weighted by atomic mass is 32.2. The van der Waals surface area contributed by atoms with Crippen LogP contribution in [0.4, 0.5) is 18.9 Å². The first-order chi connectivity index (χ1) is 18.2. The van der Waals surface area contributed by atoms with Crippen molar-refractivity contribution >= 4 is 51.9 Å². The number of rotatable bonds is 9. The second-order valence-corrected chi connectivity index (χ2v) is 9.54. The van der Waals surface area contributed by atoms with Crippen molar-refractivity contribution in [3.63, 3.8) is 0 Å². The van der Waals surface area contributed by atoms with E-state index in [1.54, 1.807) is 43.3 Å². The molecule has 38 heavy (non-hydrogen) atoms. The topological polar surface area (TPSA) is 81.0 Å². The number of benzene rings is 2. The van der Waals surface area contributed by atoms with Crippen LogP contribution in [-0.2, 0) is 22.3 Å². The molecular formula is C26H21F3N2O5S2. The highest BCUT2D eigenvalue weighted by molar-refractivity contribution is 8.26. The van der Waals surface area contributed by atoms with Crippen LogP contribution in [0.25, 0.3) is 6.08 Å². The molecule has 0 spiro atoms. The third-order valence-electron chi connectivity index (χ3n) is 5.20. The van der Waals surface area contributed by atoms with Gasteiger partial charge in [0.1, 0.15) is 10.1 Å². The number of alkyl halides is 3. The smallest absolute Gasteiger partial charge is 0.418 e. The fourth-order valence-corrected chi connectivity index (χ4v) is 4.77. The molecule has 4 rings (SSSR count). The summed E-state index contributed by atoms with van der Waals surface area (Å²) in [5, 5.41) is 2.23. The Morgan fingerprint density at radius 1 is 1.13 bits per heavy atom. The summed E-state index contributed by atoms with van der Waals surface area (Å²) < 4.78 is 56.4. The Balaban J connectivity index is 1.45. The summed E-state index contributed by atoms with van der Waals surface area (Å²) in [5.41, 5.74) is -0.691. The van der Waals surface area contributed by atoms with Crippen LogP contribution < -0.4 is 14.8 Å². The predicted molar refractivity (Wildman–Crippen MR) is 141 cm³/mol. The number of para-hydroxylation sites is 1. The Labute approximate surface area is 225 Å². The normalized spacial score (nSPS) is 14.7. The number of halogens is 3. The fourth-order valence-electron chi connectivity index (χ4n) is 3.52. The van der Waals surface area contributed by atoms with Gasteiger partial charge in [-0.3, -0.25) is 14.5 Å². The van der Waals surface area contributed by atoms with Crippen molar-refractivity contribution < 1.29 is 36.7 Å². The molecule has 12 heteroatoms. The summed E-state index contributed by atoms with van der Waals surface area (Å²) in [6.45, 7) is 1.73. The number of amides is 2. The summed E-state index contributed by atoms with van der Waals surface area (Å²) in [6.07, 6.45) is -1.43. The average molecular weight is 563 g/mol. The average Bonchev–Trinajstić information content (AvgIpc) is 3.47. The van der Waals surface area contributed by atoms with Crippen LogP contribution in [-0.4, -0.2) is 34.2 Å². The van der Waals surface area contributed by atoms with Crippen molar-refractivity contribution in [2.45, 2.75) is 19.6 Å². The van der Waals surface area contributed by atoms with E-state index < -0.39 is 24.3 Å². The standard InChI is InChI=1S/C26H21F3N2O5S2/c1-2-34-21-12-16(13-22-24(33)31(25(37)38-22)14-17-6-5-11-35-17)9-10-20(21)36-15-23(32)30-19-8-4-3-7-18(19)26(27,28)29/h3-13H,2,14-15H2,1H3,(H,30,32)/b22-13-. The van der Waals surface area contributed by atoms with Gasteiger partial charge in [-0.25, -0.2) is 0 Å². The van der Waals surface area contributed by atoms with Crippen LogP contribution in [0.1, 0.15) is 23.8 Å². The van der Waals surface area contributed by atoms with Crippen LogP contribution in [0.5, 0.6) is 11.5 Å². The summed E-state index contributed by atoms with van der Waals surface area (Å²) in [4.78, 5) is 27.1. The Hall–Kier alpha value is -3.77. The molecule has 1 fully saturated rings. The molecule has 1 aromatic heterocycles. The van der Waals surface area contributed by atoms with Gasteiger partial charge in [0.05, 0.1) is 35.6 Å². The van der Waals surface area contributed by atoms with Crippen LogP contribution in [0, 0.1) is 0 Å². The molecule has 0 radical (unpaired) electrons. The lowest BCUT2D eigenvalue weighted by Crippen LogP contribution is -2.27. The molecule has 1 aliphatic rings. The molecule has 0 atom stereocenters. The molecule has 2 heterocycles. The van der Waals surface area contributed by atoms with Gasteiger partial charge in [-0.15, -0.1) is 0 Å². The van der Waals surface area contributed by atoms with Crippen molar-refractivity contribution in [2.75, 3.05) is 18.5 Å². The monoisotopic (exact) mass is 562 g/mol. The van der Waals surface area contributed by atoms with Crippen molar-refractivity contribution in [2.24, 2.45) is 0 Å². The quantitative estimate of drug-likeness (QED) is 0.249. The first-order valence-electron chi connectivity index (χ1n) is 11.3. The Morgan fingerprint density at radius 2 is 1.92 bits per heavy atom. The number of carbonyl (C=O) groups excluding carboxylic acids is 2. The lowest BCUT2D eigenvalue weighted by Gasteiger charge is -2.15. The van der Waals surface area contributed by atoms with E-state index in [0.717, 1.165) is 17.8 Å². The van der Waals surface area contributed by atoms with Crippen LogP contribution in [0.3, 0.4) is 0 Å². The summed E-state index contributed by atoms with van der Waals surface area (Å²) >= 11 is 6.51. The number of anilines is 1. The first kappa shape index (κ1) is 27.3. The molecule has 0 aliphatic carbocycles. The molecule has 2 aromatic carbocycles. The van der Waals surface area contributed by atoms with Crippen molar-refractivity contribution in [3.05, 3.63) is 82.7 Å². The number of carbonyl (C=O) groups is 2. The van der Waals surface area contributed by atoms with E-state index in [0.29, 0.717) is 26.3 Å². The number of thiocarbonyl (C=S) groups is 1. The minimum Gasteiger partial charge on any atom is -0.490 e. The molecule has 0 saturated carbocycles. The third kappa shape index (κ3) is 6.56. The van der Waals surface area contributed by atoms with E-state index in [-0.39, 0.29) is 30.5 Å². The van der Waals surface area contributed by atoms with Crippen LogP contribution in [0.15, 0.2) is 70.2 Å². The zero-order chi connectivity index (χ0) is 27.3. The van der Waals surface area contributed by atoms with E-state index in [9.17, 15) is 22.8 Å². The second-order valence-electron chi connectivity index (χ2n) is 7.87. The minimum absolute atomic E-state index is 0.216. The highest BCUT2D eigenvalue weighted by Gasteiger charge is 2.34. The van der Waals surface area contributed by atoms with Gasteiger partial charge in [-0.2, -0.15) is 13.2 Å². The molecule has 1 saturated heterocycles. The molecule has 2 amide bonds. The van der Waals surface area contributed by atoms with Gasteiger partial charge in [0.25, 0.3) is 11.8 Å². The number of nitrogens with one attached hydrogen (secondary N) is 1. The highest BCUT2D eigenvalue weighted by Crippen LogP contribution is 2.36. The van der Waals surface area contributed by atoms with Gasteiger partial charge in [0.15, 0.2) is 18.1 Å². The Kier molecular flexibility index (Phi) is 8.42. The van der Waals surface area contributed by atoms with Crippen molar-refractivity contribution in [1.82, 2.24) is 4.90 Å². The lowest BCUT2D eigenvalue weighted by molar-refractivity contribution is -0.137. The maximum absolute atomic E-state index is 13.2. The SMILES string of the molecule is CCOc1cc(/C=C2\SC(=S)N(Cc3ccco3)C2=O)ccc1OCC(=O)Nc1ccccc1C(F)(F)F. The second kappa shape index (κ2) is 11.7. The van der Waals surface area contributed by atoms with Crippen LogP contribution >= 0.6 is 24.0 Å². The molecule has 198 valence electrons. The Bertz CT molecular complexity index is 1370. The largest absolute Gasteiger partial charge is 0.490 e. The third-order valence-corrected chi connectivity index (χ3v) is 6.58. The van der Waals surface area contributed by atoms with Crippen LogP contribution in [0.2, 0.25) is 0 Å². The van der Waals surface area contributed by atoms with E-state index >= 15 is 0 Å². The zero-order valence-corrected chi connectivity index (χ0v) is 21.5. The summed E-state index contributed by atoms with van der Waals surface area (Å²) in [7, 11) is 0. The van der Waals surface area contributed by atoms with E-state index in [2.05, 4.69) is 5.32 Å². The summed E-state index contributed by atoms with van der Waals surface area (Å²) in [6, 6.07) is 13.0.